The molecule has 0 atom stereocenters. The van der Waals surface area contributed by atoms with E-state index in [1.165, 1.54) is 41.3 Å². The summed E-state index contributed by atoms with van der Waals surface area (Å²) >= 11 is 0. The van der Waals surface area contributed by atoms with Crippen LogP contribution in [0.25, 0.3) is 0 Å². The second kappa shape index (κ2) is 8.06. The van der Waals surface area contributed by atoms with Gasteiger partial charge in [-0.2, -0.15) is 0 Å². The van der Waals surface area contributed by atoms with Crippen LogP contribution in [-0.4, -0.2) is 47.2 Å². The van der Waals surface area contributed by atoms with E-state index in [-0.39, 0.29) is 41.3 Å². The van der Waals surface area contributed by atoms with Gasteiger partial charge in [0, 0.05) is 29.8 Å². The number of nitrogens with zero attached hydrogens (tertiary/aromatic N) is 1. The van der Waals surface area contributed by atoms with E-state index in [1.807, 2.05) is 0 Å². The van der Waals surface area contributed by atoms with Gasteiger partial charge in [-0.15, -0.1) is 0 Å². The van der Waals surface area contributed by atoms with E-state index in [9.17, 15) is 23.6 Å². The summed E-state index contributed by atoms with van der Waals surface area (Å²) in [5, 5.41) is 5.22. The first kappa shape index (κ1) is 21.2. The van der Waals surface area contributed by atoms with Crippen molar-refractivity contribution in [2.45, 2.75) is 26.3 Å². The number of benzene rings is 2. The summed E-state index contributed by atoms with van der Waals surface area (Å²) in [6.07, 6.45) is 0. The maximum atomic E-state index is 13.2. The zero-order chi connectivity index (χ0) is 22.1. The van der Waals surface area contributed by atoms with Crippen LogP contribution < -0.4 is 10.6 Å². The van der Waals surface area contributed by atoms with Crippen molar-refractivity contribution < 1.29 is 23.6 Å². The predicted octanol–water partition coefficient (Wildman–Crippen LogP) is 2.38. The maximum absolute atomic E-state index is 13.2. The van der Waals surface area contributed by atoms with Gasteiger partial charge in [-0.1, -0.05) is 6.07 Å². The number of rotatable bonds is 5. The molecule has 1 heterocycles. The van der Waals surface area contributed by atoms with Crippen molar-refractivity contribution in [2.75, 3.05) is 13.1 Å². The van der Waals surface area contributed by atoms with E-state index in [4.69, 9.17) is 0 Å². The predicted molar refractivity (Wildman–Crippen MR) is 108 cm³/mol. The van der Waals surface area contributed by atoms with Crippen LogP contribution in [0.4, 0.5) is 4.39 Å². The molecule has 0 saturated carbocycles. The highest BCUT2D eigenvalue weighted by Gasteiger charge is 2.42. The lowest BCUT2D eigenvalue weighted by Gasteiger charge is -2.29. The van der Waals surface area contributed by atoms with Crippen molar-refractivity contribution in [1.29, 1.82) is 0 Å². The Kier molecular flexibility index (Phi) is 5.69. The van der Waals surface area contributed by atoms with Crippen LogP contribution >= 0.6 is 0 Å². The second-order valence-corrected chi connectivity index (χ2v) is 7.90. The number of fused-ring (bicyclic) bond motifs is 1. The van der Waals surface area contributed by atoms with E-state index in [2.05, 4.69) is 10.6 Å². The Morgan fingerprint density at radius 1 is 0.867 bits per heavy atom. The standard InChI is InChI=1S/C22H22FN3O4/c1-22(2,3)26-20(29)16-8-7-14(12-17(16)21(26)30)19(28)25-10-9-24-18(27)13-5-4-6-15(23)11-13/h4-8,11-12H,9-10H2,1-3H3,(H,24,27)(H,25,28). The number of hydrogen-bond donors (Lipinski definition) is 2. The second-order valence-electron chi connectivity index (χ2n) is 7.90. The Morgan fingerprint density at radius 2 is 1.43 bits per heavy atom. The molecular formula is C22H22FN3O4. The number of hydrogen-bond acceptors (Lipinski definition) is 4. The molecule has 0 saturated heterocycles. The third-order valence-corrected chi connectivity index (χ3v) is 4.60. The minimum atomic E-state index is -0.671. The normalized spacial score (nSPS) is 13.3. The van der Waals surface area contributed by atoms with E-state index in [0.29, 0.717) is 0 Å². The Morgan fingerprint density at radius 3 is 2.00 bits per heavy atom. The highest BCUT2D eigenvalue weighted by Crippen LogP contribution is 2.29. The number of carbonyl (C=O) groups excluding carboxylic acids is 4. The van der Waals surface area contributed by atoms with Crippen molar-refractivity contribution in [1.82, 2.24) is 15.5 Å². The fourth-order valence-electron chi connectivity index (χ4n) is 3.18. The van der Waals surface area contributed by atoms with Crippen LogP contribution in [0.3, 0.4) is 0 Å². The van der Waals surface area contributed by atoms with Crippen molar-refractivity contribution in [3.8, 4) is 0 Å². The number of imide groups is 1. The van der Waals surface area contributed by atoms with Gasteiger partial charge in [0.15, 0.2) is 0 Å². The van der Waals surface area contributed by atoms with Gasteiger partial charge in [-0.05, 0) is 57.2 Å². The molecule has 0 unspecified atom stereocenters. The molecule has 2 N–H and O–H groups in total. The molecular weight excluding hydrogens is 389 g/mol. The number of amides is 4. The molecule has 1 aliphatic rings. The Bertz CT molecular complexity index is 1040. The molecule has 0 aromatic heterocycles. The van der Waals surface area contributed by atoms with Crippen LogP contribution in [0.5, 0.6) is 0 Å². The summed E-state index contributed by atoms with van der Waals surface area (Å²) in [5.41, 5.74) is 0.222. The lowest BCUT2D eigenvalue weighted by molar-refractivity contribution is 0.0507. The first-order valence-electron chi connectivity index (χ1n) is 9.44. The van der Waals surface area contributed by atoms with Crippen molar-refractivity contribution in [3.63, 3.8) is 0 Å². The number of carbonyl (C=O) groups is 4. The van der Waals surface area contributed by atoms with Gasteiger partial charge < -0.3 is 10.6 Å². The molecule has 4 amide bonds. The van der Waals surface area contributed by atoms with Crippen LogP contribution in [0.15, 0.2) is 42.5 Å². The monoisotopic (exact) mass is 411 g/mol. The van der Waals surface area contributed by atoms with Crippen LogP contribution in [0, 0.1) is 5.82 Å². The minimum Gasteiger partial charge on any atom is -0.350 e. The van der Waals surface area contributed by atoms with Crippen LogP contribution in [0.1, 0.15) is 62.2 Å². The van der Waals surface area contributed by atoms with Gasteiger partial charge in [-0.25, -0.2) is 4.39 Å². The average molecular weight is 411 g/mol. The number of nitrogens with one attached hydrogen (secondary N) is 2. The number of halogens is 1. The van der Waals surface area contributed by atoms with Gasteiger partial charge in [0.1, 0.15) is 5.82 Å². The lowest BCUT2D eigenvalue weighted by Crippen LogP contribution is -2.45. The molecule has 0 spiro atoms. The highest BCUT2D eigenvalue weighted by atomic mass is 19.1. The topological polar surface area (TPSA) is 95.6 Å². The molecule has 7 nitrogen and oxygen atoms in total. The van der Waals surface area contributed by atoms with E-state index in [1.54, 1.807) is 20.8 Å². The van der Waals surface area contributed by atoms with Crippen LogP contribution in [-0.2, 0) is 0 Å². The zero-order valence-corrected chi connectivity index (χ0v) is 16.9. The van der Waals surface area contributed by atoms with Crippen molar-refractivity contribution in [3.05, 3.63) is 70.5 Å². The van der Waals surface area contributed by atoms with E-state index in [0.717, 1.165) is 6.07 Å². The Labute approximate surface area is 173 Å². The van der Waals surface area contributed by atoms with Crippen molar-refractivity contribution >= 4 is 23.6 Å². The fourth-order valence-corrected chi connectivity index (χ4v) is 3.18. The summed E-state index contributed by atoms with van der Waals surface area (Å²) in [6.45, 7) is 5.57. The maximum Gasteiger partial charge on any atom is 0.262 e. The summed E-state index contributed by atoms with van der Waals surface area (Å²) < 4.78 is 13.2. The van der Waals surface area contributed by atoms with Gasteiger partial charge in [0.05, 0.1) is 11.1 Å². The molecule has 0 fully saturated rings. The van der Waals surface area contributed by atoms with Gasteiger partial charge in [0.25, 0.3) is 23.6 Å². The third kappa shape index (κ3) is 4.22. The minimum absolute atomic E-state index is 0.137. The molecule has 0 bridgehead atoms. The Hall–Kier alpha value is -3.55. The molecule has 3 rings (SSSR count). The fraction of sp³-hybridized carbons (Fsp3) is 0.273. The van der Waals surface area contributed by atoms with Gasteiger partial charge >= 0.3 is 0 Å². The molecule has 30 heavy (non-hydrogen) atoms. The quantitative estimate of drug-likeness (QED) is 0.583. The first-order valence-corrected chi connectivity index (χ1v) is 9.44. The summed E-state index contributed by atoms with van der Waals surface area (Å²) in [6, 6.07) is 9.65. The molecule has 1 aliphatic heterocycles. The van der Waals surface area contributed by atoms with E-state index >= 15 is 0 Å². The smallest absolute Gasteiger partial charge is 0.262 e. The van der Waals surface area contributed by atoms with Gasteiger partial charge in [-0.3, -0.25) is 24.1 Å². The lowest BCUT2D eigenvalue weighted by atomic mass is 10.1. The summed E-state index contributed by atoms with van der Waals surface area (Å²) in [5.74, 6) is -2.21. The SMILES string of the molecule is CC(C)(C)N1C(=O)c2ccc(C(=O)NCCNC(=O)c3cccc(F)c3)cc2C1=O. The molecule has 0 aliphatic carbocycles. The van der Waals surface area contributed by atoms with Crippen LogP contribution in [0.2, 0.25) is 0 Å². The Balaban J connectivity index is 1.59. The molecule has 8 heteroatoms. The molecule has 0 radical (unpaired) electrons. The first-order chi connectivity index (χ1) is 14.1. The molecule has 2 aromatic carbocycles. The molecule has 2 aromatic rings. The summed E-state index contributed by atoms with van der Waals surface area (Å²) in [4.78, 5) is 50.6. The molecule has 156 valence electrons. The highest BCUT2D eigenvalue weighted by molar-refractivity contribution is 6.22. The summed E-state index contributed by atoms with van der Waals surface area (Å²) in [7, 11) is 0. The largest absolute Gasteiger partial charge is 0.350 e. The zero-order valence-electron chi connectivity index (χ0n) is 16.9. The van der Waals surface area contributed by atoms with Gasteiger partial charge in [0.2, 0.25) is 0 Å². The third-order valence-electron chi connectivity index (χ3n) is 4.60. The average Bonchev–Trinajstić information content (AvgIpc) is 2.94. The van der Waals surface area contributed by atoms with E-state index < -0.39 is 29.1 Å². The van der Waals surface area contributed by atoms with Crippen molar-refractivity contribution in [2.24, 2.45) is 0 Å².